The Labute approximate surface area is 113 Å². The molecule has 2 rings (SSSR count). The largest absolute Gasteiger partial charge is 0.322 e. The van der Waals surface area contributed by atoms with Gasteiger partial charge in [0, 0.05) is 10.2 Å². The first-order valence-electron chi connectivity index (χ1n) is 5.40. The first-order chi connectivity index (χ1) is 8.58. The van der Waals surface area contributed by atoms with Gasteiger partial charge in [-0.25, -0.2) is 4.39 Å². The molecule has 0 spiro atoms. The normalized spacial score (nSPS) is 10.2. The average Bonchev–Trinajstić information content (AvgIpc) is 2.28. The second-order valence-electron chi connectivity index (χ2n) is 3.92. The van der Waals surface area contributed by atoms with E-state index in [1.807, 2.05) is 25.1 Å². The summed E-state index contributed by atoms with van der Waals surface area (Å²) in [7, 11) is 0. The predicted molar refractivity (Wildman–Crippen MR) is 73.2 cm³/mol. The Hall–Kier alpha value is -1.68. The maximum Gasteiger partial charge on any atom is 0.259 e. The monoisotopic (exact) mass is 307 g/mol. The van der Waals surface area contributed by atoms with Gasteiger partial charge < -0.3 is 5.32 Å². The zero-order valence-corrected chi connectivity index (χ0v) is 11.3. The van der Waals surface area contributed by atoms with Crippen molar-refractivity contribution in [3.63, 3.8) is 0 Å². The molecule has 0 aliphatic heterocycles. The van der Waals surface area contributed by atoms with Crippen LogP contribution in [0.3, 0.4) is 0 Å². The van der Waals surface area contributed by atoms with Gasteiger partial charge in [0.2, 0.25) is 0 Å². The lowest BCUT2D eigenvalue weighted by atomic mass is 10.2. The van der Waals surface area contributed by atoms with E-state index in [1.165, 1.54) is 6.07 Å². The van der Waals surface area contributed by atoms with E-state index in [1.54, 1.807) is 18.2 Å². The molecule has 0 heterocycles. The molecule has 0 aromatic heterocycles. The topological polar surface area (TPSA) is 29.1 Å². The van der Waals surface area contributed by atoms with Gasteiger partial charge in [-0.1, -0.05) is 18.2 Å². The zero-order chi connectivity index (χ0) is 13.1. The molecular weight excluding hydrogens is 297 g/mol. The lowest BCUT2D eigenvalue weighted by molar-refractivity contribution is 0.102. The van der Waals surface area contributed by atoms with Crippen molar-refractivity contribution in [2.75, 3.05) is 5.32 Å². The second kappa shape index (κ2) is 5.31. The summed E-state index contributed by atoms with van der Waals surface area (Å²) in [5.74, 6) is -1.01. The van der Waals surface area contributed by atoms with Crippen LogP contribution >= 0.6 is 15.9 Å². The highest BCUT2D eigenvalue weighted by Gasteiger charge is 2.15. The second-order valence-corrected chi connectivity index (χ2v) is 4.77. The van der Waals surface area contributed by atoms with Gasteiger partial charge in [-0.2, -0.15) is 0 Å². The van der Waals surface area contributed by atoms with Crippen LogP contribution in [0.4, 0.5) is 10.1 Å². The zero-order valence-electron chi connectivity index (χ0n) is 9.71. The van der Waals surface area contributed by atoms with E-state index in [2.05, 4.69) is 21.2 Å². The quantitative estimate of drug-likeness (QED) is 0.887. The van der Waals surface area contributed by atoms with Crippen LogP contribution in [-0.2, 0) is 0 Å². The molecular formula is C14H11BrFNO. The van der Waals surface area contributed by atoms with E-state index in [4.69, 9.17) is 0 Å². The Bertz CT molecular complexity index is 578. The number of hydrogen-bond donors (Lipinski definition) is 1. The molecule has 0 aliphatic carbocycles. The summed E-state index contributed by atoms with van der Waals surface area (Å²) >= 11 is 3.17. The molecule has 18 heavy (non-hydrogen) atoms. The molecule has 0 atom stereocenters. The summed E-state index contributed by atoms with van der Waals surface area (Å²) in [6.07, 6.45) is 0. The summed E-state index contributed by atoms with van der Waals surface area (Å²) < 4.78 is 14.0. The number of hydrogen-bond acceptors (Lipinski definition) is 1. The molecule has 2 aromatic rings. The lowest BCUT2D eigenvalue weighted by Gasteiger charge is -2.08. The van der Waals surface area contributed by atoms with E-state index < -0.39 is 11.7 Å². The van der Waals surface area contributed by atoms with Gasteiger partial charge in [-0.05, 0) is 52.7 Å². The van der Waals surface area contributed by atoms with Crippen molar-refractivity contribution in [2.24, 2.45) is 0 Å². The molecule has 0 aliphatic rings. The van der Waals surface area contributed by atoms with Crippen LogP contribution in [0, 0.1) is 12.7 Å². The van der Waals surface area contributed by atoms with Crippen molar-refractivity contribution >= 4 is 27.5 Å². The highest BCUT2D eigenvalue weighted by atomic mass is 79.9. The standard InChI is InChI=1S/C14H11BrFNO/c1-9-4-2-5-10(8-9)17-14(18)13-11(15)6-3-7-12(13)16/h2-8H,1H3,(H,17,18). The maximum atomic E-state index is 13.6. The number of rotatable bonds is 2. The minimum Gasteiger partial charge on any atom is -0.322 e. The van der Waals surface area contributed by atoms with Crippen molar-refractivity contribution in [3.8, 4) is 0 Å². The van der Waals surface area contributed by atoms with Crippen molar-refractivity contribution in [1.29, 1.82) is 0 Å². The first-order valence-corrected chi connectivity index (χ1v) is 6.19. The van der Waals surface area contributed by atoms with Crippen LogP contribution in [0.1, 0.15) is 15.9 Å². The van der Waals surface area contributed by atoms with E-state index >= 15 is 0 Å². The molecule has 2 nitrogen and oxygen atoms in total. The molecule has 1 amide bonds. The Kier molecular flexibility index (Phi) is 3.77. The highest BCUT2D eigenvalue weighted by molar-refractivity contribution is 9.10. The molecule has 92 valence electrons. The third-order valence-electron chi connectivity index (χ3n) is 2.47. The highest BCUT2D eigenvalue weighted by Crippen LogP contribution is 2.21. The lowest BCUT2D eigenvalue weighted by Crippen LogP contribution is -2.14. The predicted octanol–water partition coefficient (Wildman–Crippen LogP) is 4.15. The van der Waals surface area contributed by atoms with Gasteiger partial charge in [0.25, 0.3) is 5.91 Å². The summed E-state index contributed by atoms with van der Waals surface area (Å²) in [5, 5.41) is 2.67. The van der Waals surface area contributed by atoms with E-state index in [-0.39, 0.29) is 5.56 Å². The van der Waals surface area contributed by atoms with Crippen LogP contribution in [-0.4, -0.2) is 5.91 Å². The third kappa shape index (κ3) is 2.76. The molecule has 4 heteroatoms. The van der Waals surface area contributed by atoms with Gasteiger partial charge in [0.05, 0.1) is 5.56 Å². The number of amides is 1. The number of carbonyl (C=O) groups excluding carboxylic acids is 1. The molecule has 0 bridgehead atoms. The fraction of sp³-hybridized carbons (Fsp3) is 0.0714. The van der Waals surface area contributed by atoms with Crippen LogP contribution in [0.25, 0.3) is 0 Å². The van der Waals surface area contributed by atoms with E-state index in [0.717, 1.165) is 5.56 Å². The summed E-state index contributed by atoms with van der Waals surface area (Å²) in [4.78, 5) is 12.0. The summed E-state index contributed by atoms with van der Waals surface area (Å²) in [5.41, 5.74) is 1.69. The van der Waals surface area contributed by atoms with Crippen molar-refractivity contribution in [2.45, 2.75) is 6.92 Å². The van der Waals surface area contributed by atoms with Crippen molar-refractivity contribution < 1.29 is 9.18 Å². The molecule has 0 saturated heterocycles. The van der Waals surface area contributed by atoms with E-state index in [9.17, 15) is 9.18 Å². The number of halogens is 2. The number of nitrogens with one attached hydrogen (secondary N) is 1. The van der Waals surface area contributed by atoms with E-state index in [0.29, 0.717) is 10.2 Å². The number of benzene rings is 2. The van der Waals surface area contributed by atoms with Crippen LogP contribution in [0.15, 0.2) is 46.9 Å². The summed E-state index contributed by atoms with van der Waals surface area (Å²) in [6, 6.07) is 11.8. The van der Waals surface area contributed by atoms with Gasteiger partial charge >= 0.3 is 0 Å². The average molecular weight is 308 g/mol. The Morgan fingerprint density at radius 1 is 1.22 bits per heavy atom. The minimum atomic E-state index is -0.547. The maximum absolute atomic E-state index is 13.6. The molecule has 0 saturated carbocycles. The fourth-order valence-electron chi connectivity index (χ4n) is 1.63. The van der Waals surface area contributed by atoms with Crippen molar-refractivity contribution in [3.05, 3.63) is 63.9 Å². The van der Waals surface area contributed by atoms with Crippen LogP contribution in [0.5, 0.6) is 0 Å². The van der Waals surface area contributed by atoms with Crippen LogP contribution in [0.2, 0.25) is 0 Å². The minimum absolute atomic E-state index is 0.0130. The summed E-state index contributed by atoms with van der Waals surface area (Å²) in [6.45, 7) is 1.93. The van der Waals surface area contributed by atoms with Gasteiger partial charge in [-0.15, -0.1) is 0 Å². The number of anilines is 1. The van der Waals surface area contributed by atoms with Gasteiger partial charge in [-0.3, -0.25) is 4.79 Å². The number of aryl methyl sites for hydroxylation is 1. The van der Waals surface area contributed by atoms with Gasteiger partial charge in [0.15, 0.2) is 0 Å². The molecule has 2 aromatic carbocycles. The Balaban J connectivity index is 2.28. The smallest absolute Gasteiger partial charge is 0.259 e. The molecule has 0 fully saturated rings. The molecule has 0 radical (unpaired) electrons. The van der Waals surface area contributed by atoms with Crippen LogP contribution < -0.4 is 5.32 Å². The third-order valence-corrected chi connectivity index (χ3v) is 3.13. The van der Waals surface area contributed by atoms with Crippen molar-refractivity contribution in [1.82, 2.24) is 0 Å². The fourth-order valence-corrected chi connectivity index (χ4v) is 2.15. The Morgan fingerprint density at radius 3 is 2.61 bits per heavy atom. The molecule has 1 N–H and O–H groups in total. The molecule has 0 unspecified atom stereocenters. The van der Waals surface area contributed by atoms with Gasteiger partial charge in [0.1, 0.15) is 5.82 Å². The SMILES string of the molecule is Cc1cccc(NC(=O)c2c(F)cccc2Br)c1. The Morgan fingerprint density at radius 2 is 1.94 bits per heavy atom. The number of carbonyl (C=O) groups is 1. The first kappa shape index (κ1) is 12.8.